The number of fused-ring (bicyclic) bond motifs is 1. The SMILES string of the molecule is COc1ccc([C@H](C)NC(=O)Cn2c(=O)cc(-c3nc(-c4ccccn4)no3)c3ccccc32)cc1. The second kappa shape index (κ2) is 9.83. The number of carbonyl (C=O) groups is 1. The van der Waals surface area contributed by atoms with Crippen LogP contribution in [-0.4, -0.2) is 32.7 Å². The molecule has 0 aliphatic carbocycles. The van der Waals surface area contributed by atoms with Crippen LogP contribution < -0.4 is 15.6 Å². The van der Waals surface area contributed by atoms with Crippen molar-refractivity contribution in [1.29, 1.82) is 0 Å². The number of nitrogens with one attached hydrogen (secondary N) is 1. The summed E-state index contributed by atoms with van der Waals surface area (Å²) in [6, 6.07) is 21.3. The average molecular weight is 482 g/mol. The highest BCUT2D eigenvalue weighted by Gasteiger charge is 2.19. The van der Waals surface area contributed by atoms with Crippen LogP contribution in [0.5, 0.6) is 5.75 Å². The maximum absolute atomic E-state index is 13.1. The van der Waals surface area contributed by atoms with Crippen molar-refractivity contribution in [2.24, 2.45) is 0 Å². The number of pyridine rings is 2. The van der Waals surface area contributed by atoms with Gasteiger partial charge in [0.05, 0.1) is 24.2 Å². The Bertz CT molecular complexity index is 1580. The summed E-state index contributed by atoms with van der Waals surface area (Å²) >= 11 is 0. The molecule has 0 bridgehead atoms. The normalized spacial score (nSPS) is 11.8. The number of carbonyl (C=O) groups excluding carboxylic acids is 1. The summed E-state index contributed by atoms with van der Waals surface area (Å²) in [7, 11) is 1.60. The van der Waals surface area contributed by atoms with Crippen LogP contribution in [0.15, 0.2) is 88.3 Å². The molecule has 0 spiro atoms. The molecular weight excluding hydrogens is 458 g/mol. The van der Waals surface area contributed by atoms with Gasteiger partial charge in [0.25, 0.3) is 11.4 Å². The molecule has 1 amide bonds. The summed E-state index contributed by atoms with van der Waals surface area (Å²) in [4.78, 5) is 34.7. The van der Waals surface area contributed by atoms with Crippen LogP contribution in [0.2, 0.25) is 0 Å². The van der Waals surface area contributed by atoms with Crippen molar-refractivity contribution in [1.82, 2.24) is 25.0 Å². The molecule has 0 radical (unpaired) electrons. The molecule has 2 aromatic carbocycles. The highest BCUT2D eigenvalue weighted by Crippen LogP contribution is 2.27. The Morgan fingerprint density at radius 3 is 2.61 bits per heavy atom. The number of benzene rings is 2. The predicted molar refractivity (Wildman–Crippen MR) is 134 cm³/mol. The first-order valence-electron chi connectivity index (χ1n) is 11.3. The molecule has 3 heterocycles. The number of ether oxygens (including phenoxy) is 1. The highest BCUT2D eigenvalue weighted by atomic mass is 16.5. The number of nitrogens with zero attached hydrogens (tertiary/aromatic N) is 4. The van der Waals surface area contributed by atoms with Gasteiger partial charge in [0.15, 0.2) is 0 Å². The zero-order chi connectivity index (χ0) is 25.1. The van der Waals surface area contributed by atoms with Gasteiger partial charge in [0.2, 0.25) is 11.7 Å². The first-order valence-corrected chi connectivity index (χ1v) is 11.3. The lowest BCUT2D eigenvalue weighted by Gasteiger charge is -2.17. The van der Waals surface area contributed by atoms with Crippen LogP contribution in [-0.2, 0) is 11.3 Å². The molecule has 180 valence electrons. The molecule has 0 saturated carbocycles. The molecule has 5 aromatic rings. The van der Waals surface area contributed by atoms with Gasteiger partial charge in [0.1, 0.15) is 18.0 Å². The van der Waals surface area contributed by atoms with E-state index in [1.54, 1.807) is 31.5 Å². The molecule has 5 rings (SSSR count). The number of aromatic nitrogens is 4. The van der Waals surface area contributed by atoms with E-state index in [1.165, 1.54) is 10.6 Å². The number of hydrogen-bond acceptors (Lipinski definition) is 7. The average Bonchev–Trinajstić information content (AvgIpc) is 3.41. The van der Waals surface area contributed by atoms with Crippen molar-refractivity contribution >= 4 is 16.8 Å². The van der Waals surface area contributed by atoms with E-state index in [0.29, 0.717) is 28.0 Å². The molecule has 36 heavy (non-hydrogen) atoms. The van der Waals surface area contributed by atoms with Crippen LogP contribution in [0, 0.1) is 0 Å². The zero-order valence-corrected chi connectivity index (χ0v) is 19.7. The van der Waals surface area contributed by atoms with Gasteiger partial charge < -0.3 is 14.6 Å². The molecule has 3 aromatic heterocycles. The van der Waals surface area contributed by atoms with Gasteiger partial charge in [-0.1, -0.05) is 41.6 Å². The van der Waals surface area contributed by atoms with Crippen molar-refractivity contribution in [3.8, 4) is 28.7 Å². The lowest BCUT2D eigenvalue weighted by Crippen LogP contribution is -2.34. The molecule has 0 unspecified atom stereocenters. The maximum Gasteiger partial charge on any atom is 0.259 e. The molecule has 0 aliphatic heterocycles. The largest absolute Gasteiger partial charge is 0.497 e. The van der Waals surface area contributed by atoms with Crippen LogP contribution in [0.4, 0.5) is 0 Å². The van der Waals surface area contributed by atoms with E-state index >= 15 is 0 Å². The van der Waals surface area contributed by atoms with E-state index in [4.69, 9.17) is 9.26 Å². The zero-order valence-electron chi connectivity index (χ0n) is 19.7. The van der Waals surface area contributed by atoms with E-state index in [-0.39, 0.29) is 29.9 Å². The molecule has 9 nitrogen and oxygen atoms in total. The molecule has 0 aliphatic rings. The van der Waals surface area contributed by atoms with Crippen LogP contribution in [0.25, 0.3) is 33.9 Å². The number of amides is 1. The summed E-state index contributed by atoms with van der Waals surface area (Å²) in [6.45, 7) is 1.75. The van der Waals surface area contributed by atoms with Gasteiger partial charge in [-0.25, -0.2) is 0 Å². The summed E-state index contributed by atoms with van der Waals surface area (Å²) in [5.74, 6) is 0.983. The summed E-state index contributed by atoms with van der Waals surface area (Å²) in [5, 5.41) is 7.68. The topological polar surface area (TPSA) is 112 Å². The van der Waals surface area contributed by atoms with Gasteiger partial charge in [-0.15, -0.1) is 0 Å². The number of methoxy groups -OCH3 is 1. The van der Waals surface area contributed by atoms with Gasteiger partial charge >= 0.3 is 0 Å². The summed E-state index contributed by atoms with van der Waals surface area (Å²) in [6.07, 6.45) is 1.64. The minimum atomic E-state index is -0.353. The Kier molecular flexibility index (Phi) is 6.27. The third kappa shape index (κ3) is 4.58. The van der Waals surface area contributed by atoms with E-state index in [0.717, 1.165) is 11.3 Å². The molecule has 9 heteroatoms. The molecule has 0 saturated heterocycles. The smallest absolute Gasteiger partial charge is 0.259 e. The van der Waals surface area contributed by atoms with Crippen molar-refractivity contribution in [3.63, 3.8) is 0 Å². The fourth-order valence-corrected chi connectivity index (χ4v) is 4.01. The summed E-state index contributed by atoms with van der Waals surface area (Å²) < 4.78 is 12.1. The van der Waals surface area contributed by atoms with Crippen LogP contribution in [0.1, 0.15) is 18.5 Å². The van der Waals surface area contributed by atoms with E-state index in [2.05, 4.69) is 20.4 Å². The fraction of sp³-hybridized carbons (Fsp3) is 0.148. The molecule has 1 N–H and O–H groups in total. The third-order valence-corrected chi connectivity index (χ3v) is 5.86. The molecule has 0 fully saturated rings. The lowest BCUT2D eigenvalue weighted by atomic mass is 10.1. The van der Waals surface area contributed by atoms with E-state index in [9.17, 15) is 9.59 Å². The monoisotopic (exact) mass is 481 g/mol. The van der Waals surface area contributed by atoms with Crippen molar-refractivity contribution < 1.29 is 14.1 Å². The van der Waals surface area contributed by atoms with Gasteiger partial charge in [-0.05, 0) is 42.8 Å². The Labute approximate surface area is 206 Å². The van der Waals surface area contributed by atoms with Crippen LogP contribution >= 0.6 is 0 Å². The first kappa shape index (κ1) is 23.0. The van der Waals surface area contributed by atoms with E-state index in [1.807, 2.05) is 55.5 Å². The van der Waals surface area contributed by atoms with Gasteiger partial charge in [-0.3, -0.25) is 19.1 Å². The highest BCUT2D eigenvalue weighted by molar-refractivity contribution is 5.93. The van der Waals surface area contributed by atoms with Gasteiger partial charge in [0, 0.05) is 17.6 Å². The Morgan fingerprint density at radius 1 is 1.08 bits per heavy atom. The Balaban J connectivity index is 1.43. The Hall–Kier alpha value is -4.79. The quantitative estimate of drug-likeness (QED) is 0.374. The number of para-hydroxylation sites is 1. The second-order valence-corrected chi connectivity index (χ2v) is 8.20. The number of rotatable bonds is 7. The van der Waals surface area contributed by atoms with Crippen molar-refractivity contribution in [2.75, 3.05) is 7.11 Å². The third-order valence-electron chi connectivity index (χ3n) is 5.86. The molecule has 1 atom stereocenters. The van der Waals surface area contributed by atoms with Crippen molar-refractivity contribution in [2.45, 2.75) is 19.5 Å². The van der Waals surface area contributed by atoms with Crippen LogP contribution in [0.3, 0.4) is 0 Å². The standard InChI is InChI=1S/C27H23N5O4/c1-17(18-10-12-19(35-2)13-11-18)29-24(33)16-32-23-9-4-3-7-20(23)21(15-25(32)34)27-30-26(31-36-27)22-8-5-6-14-28-22/h3-15,17H,16H2,1-2H3,(H,29,33)/t17-/m0/s1. The minimum Gasteiger partial charge on any atom is -0.497 e. The predicted octanol–water partition coefficient (Wildman–Crippen LogP) is 4.00. The second-order valence-electron chi connectivity index (χ2n) is 8.20. The van der Waals surface area contributed by atoms with Crippen molar-refractivity contribution in [3.05, 3.63) is 94.9 Å². The molecular formula is C27H23N5O4. The van der Waals surface area contributed by atoms with E-state index < -0.39 is 0 Å². The first-order chi connectivity index (χ1) is 17.5. The lowest BCUT2D eigenvalue weighted by molar-refractivity contribution is -0.122. The summed E-state index contributed by atoms with van der Waals surface area (Å²) in [5.41, 5.74) is 2.22. The fourth-order valence-electron chi connectivity index (χ4n) is 4.01. The Morgan fingerprint density at radius 2 is 1.86 bits per heavy atom. The minimum absolute atomic E-state index is 0.136. The maximum atomic E-state index is 13.1. The van der Waals surface area contributed by atoms with Gasteiger partial charge in [-0.2, -0.15) is 4.98 Å². The number of hydrogen-bond donors (Lipinski definition) is 1.